The highest BCUT2D eigenvalue weighted by molar-refractivity contribution is 6.01. The van der Waals surface area contributed by atoms with E-state index in [1.54, 1.807) is 41.5 Å². The lowest BCUT2D eigenvalue weighted by atomic mass is 9.96. The summed E-state index contributed by atoms with van der Waals surface area (Å²) in [6.07, 6.45) is -7.22. The van der Waals surface area contributed by atoms with Gasteiger partial charge in [0.2, 0.25) is 106 Å². The van der Waals surface area contributed by atoms with Crippen LogP contribution in [0.3, 0.4) is 0 Å². The van der Waals surface area contributed by atoms with Crippen molar-refractivity contribution in [2.45, 2.75) is 250 Å². The largest absolute Gasteiger partial charge is 0.481 e. The van der Waals surface area contributed by atoms with E-state index in [9.17, 15) is 111 Å². The molecule has 1 heterocycles. The zero-order chi connectivity index (χ0) is 84.5. The van der Waals surface area contributed by atoms with Gasteiger partial charge in [0.25, 0.3) is 0 Å². The molecular weight excluding hydrogens is 1460 g/mol. The molecule has 1 aliphatic heterocycles. The summed E-state index contributed by atoms with van der Waals surface area (Å²) in [7, 11) is 0. The van der Waals surface area contributed by atoms with Crippen molar-refractivity contribution in [1.29, 1.82) is 0 Å². The summed E-state index contributed by atoms with van der Waals surface area (Å²) in [5.41, 5.74) is 27.0. The lowest BCUT2D eigenvalue weighted by Crippen LogP contribution is -2.62. The number of primary amides is 4. The normalized spacial score (nSPS) is 16.6. The van der Waals surface area contributed by atoms with Gasteiger partial charge in [0.05, 0.1) is 38.0 Å². The summed E-state index contributed by atoms with van der Waals surface area (Å²) in [5.74, 6) is -25.8. The second-order valence-electron chi connectivity index (χ2n) is 27.8. The van der Waals surface area contributed by atoms with Gasteiger partial charge in [-0.3, -0.25) is 95.9 Å². The van der Waals surface area contributed by atoms with Crippen molar-refractivity contribution in [3.63, 3.8) is 0 Å². The number of carbonyl (C=O) groups excluding carboxylic acids is 18. The highest BCUT2D eigenvalue weighted by atomic mass is 16.4. The van der Waals surface area contributed by atoms with Gasteiger partial charge in [0.1, 0.15) is 78.5 Å². The van der Waals surface area contributed by atoms with Gasteiger partial charge in [-0.15, -0.1) is 0 Å². The maximum Gasteiger partial charge on any atom is 0.326 e. The molecule has 1 rings (SSSR count). The van der Waals surface area contributed by atoms with E-state index in [1.807, 2.05) is 5.32 Å². The first kappa shape index (κ1) is 96.8. The summed E-state index contributed by atoms with van der Waals surface area (Å²) in [4.78, 5) is 275. The fourth-order valence-corrected chi connectivity index (χ4v) is 10.8. The maximum absolute atomic E-state index is 14.1. The molecule has 618 valence electrons. The molecule has 44 heteroatoms. The second-order valence-corrected chi connectivity index (χ2v) is 27.8. The molecule has 1 fully saturated rings. The monoisotopic (exact) mass is 1570 g/mol. The number of rotatable bonds is 50. The van der Waals surface area contributed by atoms with Crippen LogP contribution in [0.2, 0.25) is 0 Å². The first-order valence-corrected chi connectivity index (χ1v) is 35.5. The Bertz CT molecular complexity index is 3370. The molecule has 0 bridgehead atoms. The number of nitrogens with one attached hydrogen (secondary N) is 13. The molecule has 0 unspecified atom stereocenters. The predicted octanol–water partition coefficient (Wildman–Crippen LogP) is -9.23. The van der Waals surface area contributed by atoms with Crippen molar-refractivity contribution in [1.82, 2.24) is 74.0 Å². The third-order valence-corrected chi connectivity index (χ3v) is 17.2. The minimum atomic E-state index is -2.02. The summed E-state index contributed by atoms with van der Waals surface area (Å²) < 4.78 is 0. The molecule has 18 amide bonds. The van der Waals surface area contributed by atoms with Crippen LogP contribution in [-0.2, 0) is 101 Å². The SMILES string of the molecule is CC[C@H](C)[C@H](NC(=O)[C@@H](NC(=O)[C@@H](N)CC(=O)O)C(C)C)C(=O)NCC(=O)N1CCC[C@H]1C(=O)N[C@@H](CCC(N)=O)C(=O)N[C@@H](C)C(=O)N[C@@H](CCC(N)=O)C(=O)N[C@H](C(=O)N[C@H](C(=O)N[C@@H](CC(C)C)C(=O)N[C@@H](C)C(=O)N[C@@H](CC(N)=O)C(=O)N[C@@H](CCC(N)=O)C(=O)N[C@@H](CC(=O)O)C(=O)O)[C@@H](C)O)C(C)C. The van der Waals surface area contributed by atoms with Crippen LogP contribution in [0.4, 0.5) is 0 Å². The van der Waals surface area contributed by atoms with E-state index in [0.29, 0.717) is 6.42 Å². The van der Waals surface area contributed by atoms with Crippen molar-refractivity contribution in [2.24, 2.45) is 52.3 Å². The molecule has 16 atom stereocenters. The Morgan fingerprint density at radius 3 is 1.22 bits per heavy atom. The standard InChI is InChI=1S/C66H109N19O25/c1-12-30(8)51(83-63(106)49(28(4)5)81-55(98)34(67)23-47(92)93)62(105)72-26-46(91)85-21-13-14-41(85)61(104)77-35(15-18-42(68)87)56(99)73-31(9)53(96)75-37(17-20-44(70)89)58(101)82-50(29(6)7)64(107)84-52(33(11)86)65(108)79-38(22-27(2)3)59(102)74-32(10)54(97)78-39(24-45(71)90)60(103)76-36(16-19-43(69)88)57(100)80-40(66(109)110)25-48(94)95/h27-41,49-52,86H,12-26,67H2,1-11H3,(H2,68,87)(H2,69,88)(H2,70,89)(H2,71,90)(H,72,105)(H,73,99)(H,74,102)(H,75,96)(H,76,103)(H,77,104)(H,78,97)(H,79,108)(H,80,100)(H,81,98)(H,82,101)(H,83,106)(H,84,107)(H,92,93)(H,94,95)(H,109,110)/t30-,31-,32-,33+,34-,35-,36-,37-,38-,39-,40-,41-,49-,50-,51-,52-/m0/s1. The van der Waals surface area contributed by atoms with Crippen molar-refractivity contribution < 1.29 is 121 Å². The number of likely N-dealkylation sites (tertiary alicyclic amines) is 1. The molecule has 44 nitrogen and oxygen atoms in total. The van der Waals surface area contributed by atoms with E-state index >= 15 is 0 Å². The van der Waals surface area contributed by atoms with Gasteiger partial charge in [-0.25, -0.2) is 4.79 Å². The number of aliphatic carboxylic acids is 3. The zero-order valence-corrected chi connectivity index (χ0v) is 63.3. The summed E-state index contributed by atoms with van der Waals surface area (Å²) in [6, 6.07) is -22.6. The van der Waals surface area contributed by atoms with Crippen molar-refractivity contribution in [3.05, 3.63) is 0 Å². The third-order valence-electron chi connectivity index (χ3n) is 17.2. The van der Waals surface area contributed by atoms with E-state index in [1.165, 1.54) is 13.8 Å². The molecule has 0 radical (unpaired) electrons. The number of carboxylic acid groups (broad SMARTS) is 3. The molecule has 0 aromatic heterocycles. The highest BCUT2D eigenvalue weighted by Crippen LogP contribution is 2.20. The molecule has 0 aliphatic carbocycles. The van der Waals surface area contributed by atoms with Crippen LogP contribution in [0.1, 0.15) is 160 Å². The average molecular weight is 1570 g/mol. The van der Waals surface area contributed by atoms with Crippen LogP contribution >= 0.6 is 0 Å². The fourth-order valence-electron chi connectivity index (χ4n) is 10.8. The zero-order valence-electron chi connectivity index (χ0n) is 63.3. The van der Waals surface area contributed by atoms with E-state index in [0.717, 1.165) is 25.7 Å². The number of nitrogens with two attached hydrogens (primary N) is 5. The first-order valence-electron chi connectivity index (χ1n) is 35.5. The summed E-state index contributed by atoms with van der Waals surface area (Å²) in [6.45, 7) is 15.3. The Morgan fingerprint density at radius 1 is 0.409 bits per heavy atom. The number of hydrogen-bond donors (Lipinski definition) is 22. The Labute approximate surface area is 633 Å². The van der Waals surface area contributed by atoms with Crippen LogP contribution < -0.4 is 97.8 Å². The predicted molar refractivity (Wildman–Crippen MR) is 382 cm³/mol. The number of amides is 18. The number of aliphatic hydroxyl groups excluding tert-OH is 1. The van der Waals surface area contributed by atoms with Crippen molar-refractivity contribution >= 4 is 124 Å². The van der Waals surface area contributed by atoms with Crippen LogP contribution in [0.5, 0.6) is 0 Å². The summed E-state index contributed by atoms with van der Waals surface area (Å²) >= 11 is 0. The van der Waals surface area contributed by atoms with Crippen molar-refractivity contribution in [3.8, 4) is 0 Å². The lowest BCUT2D eigenvalue weighted by Gasteiger charge is -2.30. The Hall–Kier alpha value is -11.2. The van der Waals surface area contributed by atoms with E-state index < -0.39 is 303 Å². The third kappa shape index (κ3) is 34.4. The molecule has 0 saturated carbocycles. The fraction of sp³-hybridized carbons (Fsp3) is 0.682. The van der Waals surface area contributed by atoms with Gasteiger partial charge < -0.3 is 123 Å². The molecule has 1 saturated heterocycles. The summed E-state index contributed by atoms with van der Waals surface area (Å²) in [5, 5.41) is 68.8. The van der Waals surface area contributed by atoms with Gasteiger partial charge in [-0.05, 0) is 83.0 Å². The Balaban J connectivity index is 3.36. The molecular formula is C66H109N19O25. The van der Waals surface area contributed by atoms with E-state index in [-0.39, 0.29) is 25.8 Å². The molecule has 110 heavy (non-hydrogen) atoms. The first-order chi connectivity index (χ1) is 51.0. The highest BCUT2D eigenvalue weighted by Gasteiger charge is 2.41. The molecule has 1 aliphatic rings. The molecule has 0 aromatic rings. The van der Waals surface area contributed by atoms with Crippen LogP contribution in [0.15, 0.2) is 0 Å². The molecule has 0 aromatic carbocycles. The van der Waals surface area contributed by atoms with Gasteiger partial charge in [0.15, 0.2) is 0 Å². The molecule has 0 spiro atoms. The van der Waals surface area contributed by atoms with E-state index in [4.69, 9.17) is 38.9 Å². The number of carbonyl (C=O) groups is 21. The minimum Gasteiger partial charge on any atom is -0.481 e. The number of carboxylic acids is 3. The van der Waals surface area contributed by atoms with Gasteiger partial charge in [0, 0.05) is 25.8 Å². The maximum atomic E-state index is 14.1. The number of aliphatic hydroxyl groups is 1. The Kier molecular flexibility index (Phi) is 41.3. The quantitative estimate of drug-likeness (QED) is 0.0269. The second kappa shape index (κ2) is 46.9. The molecule has 27 N–H and O–H groups in total. The lowest BCUT2D eigenvalue weighted by molar-refractivity contribution is -0.147. The van der Waals surface area contributed by atoms with Gasteiger partial charge >= 0.3 is 17.9 Å². The van der Waals surface area contributed by atoms with Crippen molar-refractivity contribution in [2.75, 3.05) is 13.1 Å². The average Bonchev–Trinajstić information content (AvgIpc) is 1.54. The van der Waals surface area contributed by atoms with E-state index in [2.05, 4.69) is 63.8 Å². The van der Waals surface area contributed by atoms with Crippen LogP contribution in [0, 0.1) is 23.7 Å². The van der Waals surface area contributed by atoms with Gasteiger partial charge in [-0.1, -0.05) is 61.8 Å². The van der Waals surface area contributed by atoms with Crippen LogP contribution in [-0.4, -0.2) is 253 Å². The smallest absolute Gasteiger partial charge is 0.326 e. The van der Waals surface area contributed by atoms with Crippen LogP contribution in [0.25, 0.3) is 0 Å². The minimum absolute atomic E-state index is 0.000762. The number of nitrogens with zero attached hydrogens (tertiary/aromatic N) is 1. The Morgan fingerprint density at radius 2 is 0.791 bits per heavy atom. The number of hydrogen-bond acceptors (Lipinski definition) is 23. The van der Waals surface area contributed by atoms with Gasteiger partial charge in [-0.2, -0.15) is 0 Å². The topological polar surface area (TPSA) is 729 Å².